The second-order valence-corrected chi connectivity index (χ2v) is 6.82. The molecular formula is C16H20ClF6N3O. The van der Waals surface area contributed by atoms with Crippen LogP contribution in [0.15, 0.2) is 18.2 Å². The normalized spacial score (nSPS) is 21.0. The van der Waals surface area contributed by atoms with Crippen LogP contribution in [0, 0.1) is 5.41 Å². The number of carbonyl (C=O) groups excluding carboxylic acids is 1. The van der Waals surface area contributed by atoms with E-state index >= 15 is 0 Å². The lowest BCUT2D eigenvalue weighted by atomic mass is 9.90. The molecule has 1 amide bonds. The number of likely N-dealkylation sites (tertiary alicyclic amines) is 1. The van der Waals surface area contributed by atoms with Crippen molar-refractivity contribution in [3.05, 3.63) is 29.3 Å². The summed E-state index contributed by atoms with van der Waals surface area (Å²) in [5.41, 5.74) is 2.02. The van der Waals surface area contributed by atoms with Crippen LogP contribution in [0.3, 0.4) is 0 Å². The molecule has 154 valence electrons. The molecule has 0 aromatic heterocycles. The SMILES string of the molecule is CC1(CN)CCN(CC(=O)Nc2cc(C(F)(F)F)cc(C(F)(F)F)c2)C1.Cl. The number of alkyl halides is 6. The van der Waals surface area contributed by atoms with Gasteiger partial charge in [-0.3, -0.25) is 9.69 Å². The summed E-state index contributed by atoms with van der Waals surface area (Å²) in [5, 5.41) is 2.13. The third kappa shape index (κ3) is 6.25. The van der Waals surface area contributed by atoms with E-state index in [1.54, 1.807) is 4.90 Å². The van der Waals surface area contributed by atoms with E-state index in [0.717, 1.165) is 6.42 Å². The Morgan fingerprint density at radius 2 is 1.67 bits per heavy atom. The van der Waals surface area contributed by atoms with Gasteiger partial charge < -0.3 is 11.1 Å². The summed E-state index contributed by atoms with van der Waals surface area (Å²) >= 11 is 0. The fourth-order valence-corrected chi connectivity index (χ4v) is 2.86. The first-order valence-corrected chi connectivity index (χ1v) is 7.84. The van der Waals surface area contributed by atoms with Crippen LogP contribution in [-0.4, -0.2) is 37.0 Å². The molecule has 1 fully saturated rings. The van der Waals surface area contributed by atoms with Crippen LogP contribution in [0.2, 0.25) is 0 Å². The van der Waals surface area contributed by atoms with Crippen molar-refractivity contribution in [1.29, 1.82) is 0 Å². The molecule has 27 heavy (non-hydrogen) atoms. The Kier molecular flexibility index (Phi) is 7.17. The molecule has 11 heteroatoms. The van der Waals surface area contributed by atoms with E-state index in [0.29, 0.717) is 31.8 Å². The Labute approximate surface area is 158 Å². The number of anilines is 1. The average molecular weight is 420 g/mol. The molecule has 4 nitrogen and oxygen atoms in total. The highest BCUT2D eigenvalue weighted by Crippen LogP contribution is 2.37. The number of amides is 1. The molecule has 1 saturated heterocycles. The number of rotatable bonds is 4. The Morgan fingerprint density at radius 3 is 2.07 bits per heavy atom. The number of hydrogen-bond donors (Lipinski definition) is 2. The molecule has 1 aromatic carbocycles. The van der Waals surface area contributed by atoms with E-state index < -0.39 is 35.1 Å². The van der Waals surface area contributed by atoms with Gasteiger partial charge in [-0.2, -0.15) is 26.3 Å². The van der Waals surface area contributed by atoms with Crippen LogP contribution < -0.4 is 11.1 Å². The average Bonchev–Trinajstić information content (AvgIpc) is 2.87. The Bertz CT molecular complexity index is 647. The zero-order chi connectivity index (χ0) is 19.8. The number of carbonyl (C=O) groups is 1. The summed E-state index contributed by atoms with van der Waals surface area (Å²) in [5.74, 6) is -0.682. The molecule has 1 unspecified atom stereocenters. The van der Waals surface area contributed by atoms with Crippen LogP contribution in [0.4, 0.5) is 32.0 Å². The molecule has 1 aromatic rings. The molecule has 0 spiro atoms. The number of nitrogens with zero attached hydrogens (tertiary/aromatic N) is 1. The highest BCUT2D eigenvalue weighted by molar-refractivity contribution is 5.92. The van der Waals surface area contributed by atoms with Gasteiger partial charge in [0.25, 0.3) is 0 Å². The largest absolute Gasteiger partial charge is 0.416 e. The Balaban J connectivity index is 0.00000364. The molecule has 1 aliphatic rings. The summed E-state index contributed by atoms with van der Waals surface area (Å²) in [6, 6.07) is 0.991. The molecule has 0 radical (unpaired) electrons. The van der Waals surface area contributed by atoms with Crippen LogP contribution in [0.5, 0.6) is 0 Å². The second kappa shape index (κ2) is 8.24. The minimum Gasteiger partial charge on any atom is -0.330 e. The van der Waals surface area contributed by atoms with Gasteiger partial charge in [0.2, 0.25) is 5.91 Å². The van der Waals surface area contributed by atoms with Crippen molar-refractivity contribution in [2.24, 2.45) is 11.1 Å². The zero-order valence-corrected chi connectivity index (χ0v) is 15.2. The monoisotopic (exact) mass is 419 g/mol. The first-order chi connectivity index (χ1) is 11.8. The molecule has 2 rings (SSSR count). The molecule has 0 bridgehead atoms. The summed E-state index contributed by atoms with van der Waals surface area (Å²) < 4.78 is 77.0. The van der Waals surface area contributed by atoms with Gasteiger partial charge in [-0.25, -0.2) is 0 Å². The van der Waals surface area contributed by atoms with E-state index in [2.05, 4.69) is 5.32 Å². The van der Waals surface area contributed by atoms with Gasteiger partial charge in [0, 0.05) is 12.2 Å². The summed E-state index contributed by atoms with van der Waals surface area (Å²) in [4.78, 5) is 13.8. The predicted molar refractivity (Wildman–Crippen MR) is 90.5 cm³/mol. The Hall–Kier alpha value is -1.52. The first-order valence-electron chi connectivity index (χ1n) is 7.84. The van der Waals surface area contributed by atoms with Gasteiger partial charge in [0.15, 0.2) is 0 Å². The fourth-order valence-electron chi connectivity index (χ4n) is 2.86. The van der Waals surface area contributed by atoms with Crippen molar-refractivity contribution in [1.82, 2.24) is 4.90 Å². The molecule has 3 N–H and O–H groups in total. The molecule has 1 aliphatic heterocycles. The predicted octanol–water partition coefficient (Wildman–Crippen LogP) is 3.76. The van der Waals surface area contributed by atoms with Gasteiger partial charge in [0.1, 0.15) is 0 Å². The van der Waals surface area contributed by atoms with E-state index in [4.69, 9.17) is 5.73 Å². The second-order valence-electron chi connectivity index (χ2n) is 6.82. The van der Waals surface area contributed by atoms with E-state index in [1.165, 1.54) is 0 Å². The van der Waals surface area contributed by atoms with E-state index in [-0.39, 0.29) is 30.4 Å². The maximum Gasteiger partial charge on any atom is 0.416 e. The van der Waals surface area contributed by atoms with Gasteiger partial charge in [-0.1, -0.05) is 6.92 Å². The molecule has 1 heterocycles. The maximum absolute atomic E-state index is 12.8. The number of halogens is 7. The van der Waals surface area contributed by atoms with E-state index in [1.807, 2.05) is 6.92 Å². The van der Waals surface area contributed by atoms with Crippen molar-refractivity contribution < 1.29 is 31.1 Å². The first kappa shape index (κ1) is 23.5. The minimum atomic E-state index is -4.96. The van der Waals surface area contributed by atoms with E-state index in [9.17, 15) is 31.1 Å². The van der Waals surface area contributed by atoms with Gasteiger partial charge >= 0.3 is 12.4 Å². The Morgan fingerprint density at radius 1 is 1.15 bits per heavy atom. The lowest BCUT2D eigenvalue weighted by Crippen LogP contribution is -2.35. The number of hydrogen-bond acceptors (Lipinski definition) is 3. The van der Waals surface area contributed by atoms with Crippen LogP contribution in [-0.2, 0) is 17.1 Å². The highest BCUT2D eigenvalue weighted by Gasteiger charge is 2.37. The standard InChI is InChI=1S/C16H19F6N3O.ClH/c1-14(8-23)2-3-25(9-14)7-13(26)24-12-5-10(15(17,18)19)4-11(6-12)16(20,21)22;/h4-6H,2-3,7-9,23H2,1H3,(H,24,26);1H. The van der Waals surface area contributed by atoms with Gasteiger partial charge in [-0.15, -0.1) is 12.4 Å². The lowest BCUT2D eigenvalue weighted by molar-refractivity contribution is -0.143. The fraction of sp³-hybridized carbons (Fsp3) is 0.562. The zero-order valence-electron chi connectivity index (χ0n) is 14.4. The third-order valence-corrected chi connectivity index (χ3v) is 4.37. The highest BCUT2D eigenvalue weighted by atomic mass is 35.5. The lowest BCUT2D eigenvalue weighted by Gasteiger charge is -2.22. The number of nitrogens with two attached hydrogens (primary N) is 1. The summed E-state index contributed by atoms with van der Waals surface area (Å²) in [6.45, 7) is 3.36. The third-order valence-electron chi connectivity index (χ3n) is 4.37. The summed E-state index contributed by atoms with van der Waals surface area (Å²) in [6.07, 6.45) is -9.16. The molecular weight excluding hydrogens is 400 g/mol. The number of benzene rings is 1. The van der Waals surface area contributed by atoms with Crippen molar-refractivity contribution in [2.45, 2.75) is 25.7 Å². The molecule has 0 saturated carbocycles. The number of nitrogens with one attached hydrogen (secondary N) is 1. The van der Waals surface area contributed by atoms with Crippen molar-refractivity contribution in [3.8, 4) is 0 Å². The van der Waals surface area contributed by atoms with Crippen LogP contribution >= 0.6 is 12.4 Å². The van der Waals surface area contributed by atoms with Crippen molar-refractivity contribution in [3.63, 3.8) is 0 Å². The molecule has 1 atom stereocenters. The van der Waals surface area contributed by atoms with Crippen molar-refractivity contribution in [2.75, 3.05) is 31.5 Å². The summed E-state index contributed by atoms with van der Waals surface area (Å²) in [7, 11) is 0. The maximum atomic E-state index is 12.8. The smallest absolute Gasteiger partial charge is 0.330 e. The van der Waals surface area contributed by atoms with Crippen molar-refractivity contribution >= 4 is 24.0 Å². The minimum absolute atomic E-state index is 0. The van der Waals surface area contributed by atoms with Crippen LogP contribution in [0.25, 0.3) is 0 Å². The van der Waals surface area contributed by atoms with Gasteiger partial charge in [0.05, 0.1) is 17.7 Å². The molecule has 0 aliphatic carbocycles. The van der Waals surface area contributed by atoms with Gasteiger partial charge in [-0.05, 0) is 43.1 Å². The topological polar surface area (TPSA) is 58.4 Å². The quantitative estimate of drug-likeness (QED) is 0.731. The van der Waals surface area contributed by atoms with Crippen LogP contribution in [0.1, 0.15) is 24.5 Å².